The van der Waals surface area contributed by atoms with Crippen LogP contribution in [-0.4, -0.2) is 0 Å². The summed E-state index contributed by atoms with van der Waals surface area (Å²) in [4.78, 5) is 0. The standard InChI is InChI=1S/C25H17N/c26-18-24-17-23(14-15-25(24)20-10-5-2-6-11-20)22-13-7-12-21(16-22)19-8-3-1-4-9-19/h1-17H. The third-order valence-electron chi connectivity index (χ3n) is 4.53. The van der Waals surface area contributed by atoms with E-state index in [0.29, 0.717) is 5.56 Å². The Kier molecular flexibility index (Phi) is 4.33. The molecule has 0 saturated heterocycles. The SMILES string of the molecule is N#Cc1cc(-c2cccc(-c3ccccc3)c2)ccc1-c1ccccc1. The molecular weight excluding hydrogens is 314 g/mol. The van der Waals surface area contributed by atoms with E-state index < -0.39 is 0 Å². The minimum atomic E-state index is 0.693. The zero-order valence-corrected chi connectivity index (χ0v) is 14.3. The normalized spacial score (nSPS) is 10.3. The van der Waals surface area contributed by atoms with Gasteiger partial charge < -0.3 is 0 Å². The Morgan fingerprint density at radius 1 is 0.462 bits per heavy atom. The number of nitriles is 1. The summed E-state index contributed by atoms with van der Waals surface area (Å²) in [6.07, 6.45) is 0. The van der Waals surface area contributed by atoms with Gasteiger partial charge in [-0.15, -0.1) is 0 Å². The highest BCUT2D eigenvalue weighted by Gasteiger charge is 2.08. The molecule has 0 heterocycles. The van der Waals surface area contributed by atoms with Crippen molar-refractivity contribution in [3.8, 4) is 39.4 Å². The molecule has 0 radical (unpaired) electrons. The second-order valence-electron chi connectivity index (χ2n) is 6.19. The molecule has 4 aromatic carbocycles. The minimum Gasteiger partial charge on any atom is -0.192 e. The van der Waals surface area contributed by atoms with E-state index >= 15 is 0 Å². The molecule has 0 spiro atoms. The number of nitrogens with zero attached hydrogens (tertiary/aromatic N) is 1. The average Bonchev–Trinajstić information content (AvgIpc) is 2.74. The minimum absolute atomic E-state index is 0.693. The van der Waals surface area contributed by atoms with Gasteiger partial charge >= 0.3 is 0 Å². The second-order valence-corrected chi connectivity index (χ2v) is 6.19. The quantitative estimate of drug-likeness (QED) is 0.417. The van der Waals surface area contributed by atoms with E-state index in [2.05, 4.69) is 48.5 Å². The molecule has 0 bridgehead atoms. The van der Waals surface area contributed by atoms with E-state index in [4.69, 9.17) is 0 Å². The maximum atomic E-state index is 9.63. The molecule has 0 amide bonds. The van der Waals surface area contributed by atoms with Gasteiger partial charge in [0.2, 0.25) is 0 Å². The Hall–Kier alpha value is -3.63. The van der Waals surface area contributed by atoms with Gasteiger partial charge in [0.05, 0.1) is 11.6 Å². The van der Waals surface area contributed by atoms with E-state index in [1.54, 1.807) is 0 Å². The Bertz CT molecular complexity index is 1070. The van der Waals surface area contributed by atoms with Crippen molar-refractivity contribution in [3.63, 3.8) is 0 Å². The summed E-state index contributed by atoms with van der Waals surface area (Å²) in [5, 5.41) is 9.63. The summed E-state index contributed by atoms with van der Waals surface area (Å²) in [6, 6.07) is 37.3. The predicted molar refractivity (Wildman–Crippen MR) is 107 cm³/mol. The van der Waals surface area contributed by atoms with Crippen molar-refractivity contribution in [1.82, 2.24) is 0 Å². The molecule has 0 atom stereocenters. The lowest BCUT2D eigenvalue weighted by Gasteiger charge is -2.09. The van der Waals surface area contributed by atoms with Crippen LogP contribution in [0, 0.1) is 11.3 Å². The van der Waals surface area contributed by atoms with Gasteiger partial charge in [0.15, 0.2) is 0 Å². The summed E-state index contributed by atoms with van der Waals surface area (Å²) in [5.74, 6) is 0. The van der Waals surface area contributed by atoms with Crippen molar-refractivity contribution < 1.29 is 0 Å². The monoisotopic (exact) mass is 331 g/mol. The molecule has 0 fully saturated rings. The zero-order valence-electron chi connectivity index (χ0n) is 14.3. The highest BCUT2D eigenvalue weighted by molar-refractivity contribution is 5.78. The van der Waals surface area contributed by atoms with E-state index in [1.165, 1.54) is 11.1 Å². The molecule has 0 unspecified atom stereocenters. The number of benzene rings is 4. The molecule has 0 aromatic heterocycles. The lowest BCUT2D eigenvalue weighted by molar-refractivity contribution is 1.47. The largest absolute Gasteiger partial charge is 0.192 e. The maximum absolute atomic E-state index is 9.63. The zero-order chi connectivity index (χ0) is 17.8. The Balaban J connectivity index is 1.77. The molecule has 26 heavy (non-hydrogen) atoms. The molecule has 1 heteroatoms. The highest BCUT2D eigenvalue weighted by atomic mass is 14.2. The van der Waals surface area contributed by atoms with Gasteiger partial charge in [0.1, 0.15) is 0 Å². The van der Waals surface area contributed by atoms with Gasteiger partial charge in [0.25, 0.3) is 0 Å². The summed E-state index contributed by atoms with van der Waals surface area (Å²) >= 11 is 0. The summed E-state index contributed by atoms with van der Waals surface area (Å²) in [6.45, 7) is 0. The third kappa shape index (κ3) is 3.14. The fourth-order valence-corrected chi connectivity index (χ4v) is 3.19. The van der Waals surface area contributed by atoms with Gasteiger partial charge in [-0.3, -0.25) is 0 Å². The average molecular weight is 331 g/mol. The number of rotatable bonds is 3. The molecule has 4 aromatic rings. The molecule has 122 valence electrons. The van der Waals surface area contributed by atoms with Crippen LogP contribution < -0.4 is 0 Å². The van der Waals surface area contributed by atoms with Gasteiger partial charge in [-0.05, 0) is 45.5 Å². The van der Waals surface area contributed by atoms with Gasteiger partial charge in [-0.2, -0.15) is 5.26 Å². The summed E-state index contributed by atoms with van der Waals surface area (Å²) in [7, 11) is 0. The fourth-order valence-electron chi connectivity index (χ4n) is 3.19. The first kappa shape index (κ1) is 15.9. The van der Waals surface area contributed by atoms with Crippen molar-refractivity contribution in [2.45, 2.75) is 0 Å². The molecule has 0 aliphatic heterocycles. The van der Waals surface area contributed by atoms with E-state index in [9.17, 15) is 5.26 Å². The van der Waals surface area contributed by atoms with Crippen LogP contribution in [0.15, 0.2) is 103 Å². The third-order valence-corrected chi connectivity index (χ3v) is 4.53. The first-order valence-electron chi connectivity index (χ1n) is 8.60. The summed E-state index contributed by atoms with van der Waals surface area (Å²) in [5.41, 5.74) is 7.26. The Morgan fingerprint density at radius 2 is 1.00 bits per heavy atom. The predicted octanol–water partition coefficient (Wildman–Crippen LogP) is 6.56. The van der Waals surface area contributed by atoms with Crippen LogP contribution in [-0.2, 0) is 0 Å². The topological polar surface area (TPSA) is 23.8 Å². The lowest BCUT2D eigenvalue weighted by Crippen LogP contribution is -1.87. The molecular formula is C25H17N. The maximum Gasteiger partial charge on any atom is 0.0998 e. The van der Waals surface area contributed by atoms with Crippen molar-refractivity contribution >= 4 is 0 Å². The Labute approximate surface area is 153 Å². The Morgan fingerprint density at radius 3 is 1.65 bits per heavy atom. The van der Waals surface area contributed by atoms with Gasteiger partial charge in [-0.1, -0.05) is 91.0 Å². The van der Waals surface area contributed by atoms with E-state index in [0.717, 1.165) is 22.3 Å². The first-order chi connectivity index (χ1) is 12.8. The van der Waals surface area contributed by atoms with Crippen LogP contribution in [0.1, 0.15) is 5.56 Å². The van der Waals surface area contributed by atoms with E-state index in [-0.39, 0.29) is 0 Å². The van der Waals surface area contributed by atoms with Crippen LogP contribution >= 0.6 is 0 Å². The van der Waals surface area contributed by atoms with Crippen LogP contribution in [0.4, 0.5) is 0 Å². The molecule has 0 aliphatic carbocycles. The van der Waals surface area contributed by atoms with Gasteiger partial charge in [-0.25, -0.2) is 0 Å². The number of hydrogen-bond acceptors (Lipinski definition) is 1. The lowest BCUT2D eigenvalue weighted by atomic mass is 9.94. The highest BCUT2D eigenvalue weighted by Crippen LogP contribution is 2.30. The smallest absolute Gasteiger partial charge is 0.0998 e. The van der Waals surface area contributed by atoms with Crippen molar-refractivity contribution in [2.75, 3.05) is 0 Å². The van der Waals surface area contributed by atoms with Crippen molar-refractivity contribution in [2.24, 2.45) is 0 Å². The summed E-state index contributed by atoms with van der Waals surface area (Å²) < 4.78 is 0. The number of hydrogen-bond donors (Lipinski definition) is 0. The van der Waals surface area contributed by atoms with Crippen LogP contribution in [0.2, 0.25) is 0 Å². The van der Waals surface area contributed by atoms with Crippen molar-refractivity contribution in [1.29, 1.82) is 5.26 Å². The second kappa shape index (κ2) is 7.09. The molecule has 4 rings (SSSR count). The molecule has 0 aliphatic rings. The molecule has 0 saturated carbocycles. The van der Waals surface area contributed by atoms with Crippen LogP contribution in [0.5, 0.6) is 0 Å². The van der Waals surface area contributed by atoms with Crippen LogP contribution in [0.3, 0.4) is 0 Å². The first-order valence-corrected chi connectivity index (χ1v) is 8.60. The van der Waals surface area contributed by atoms with Gasteiger partial charge in [0, 0.05) is 0 Å². The fraction of sp³-hybridized carbons (Fsp3) is 0. The molecule has 1 nitrogen and oxygen atoms in total. The van der Waals surface area contributed by atoms with E-state index in [1.807, 2.05) is 60.7 Å². The molecule has 0 N–H and O–H groups in total. The van der Waals surface area contributed by atoms with Crippen LogP contribution in [0.25, 0.3) is 33.4 Å². The van der Waals surface area contributed by atoms with Crippen molar-refractivity contribution in [3.05, 3.63) is 109 Å².